The summed E-state index contributed by atoms with van der Waals surface area (Å²) in [5.74, 6) is 0.898. The van der Waals surface area contributed by atoms with E-state index in [-0.39, 0.29) is 11.7 Å². The van der Waals surface area contributed by atoms with E-state index in [0.29, 0.717) is 16.9 Å². The van der Waals surface area contributed by atoms with Crippen molar-refractivity contribution in [2.24, 2.45) is 11.0 Å². The number of phenols is 1. The fourth-order valence-corrected chi connectivity index (χ4v) is 4.32. The first kappa shape index (κ1) is 23.5. The number of carbonyl (C=O) groups is 1. The van der Waals surface area contributed by atoms with Gasteiger partial charge in [-0.1, -0.05) is 42.5 Å². The minimum absolute atomic E-state index is 0.0559. The van der Waals surface area contributed by atoms with Crippen LogP contribution in [-0.2, 0) is 13.0 Å². The lowest BCUT2D eigenvalue weighted by Crippen LogP contribution is -2.33. The van der Waals surface area contributed by atoms with Crippen molar-refractivity contribution in [3.05, 3.63) is 95.1 Å². The molecule has 176 valence electrons. The zero-order chi connectivity index (χ0) is 23.8. The number of hydrazone groups is 1. The van der Waals surface area contributed by atoms with E-state index >= 15 is 0 Å². The molecule has 0 aromatic heterocycles. The van der Waals surface area contributed by atoms with Crippen molar-refractivity contribution in [1.29, 1.82) is 0 Å². The van der Waals surface area contributed by atoms with Gasteiger partial charge in [-0.05, 0) is 85.3 Å². The van der Waals surface area contributed by atoms with Crippen LogP contribution in [0.4, 0.5) is 0 Å². The normalized spacial score (nSPS) is 14.9. The number of likely N-dealkylation sites (tertiary alicyclic amines) is 1. The topological polar surface area (TPSA) is 74.2 Å². The number of nitrogens with one attached hydrogen (secondary N) is 1. The maximum Gasteiger partial charge on any atom is 0.271 e. The van der Waals surface area contributed by atoms with E-state index in [1.165, 1.54) is 49.8 Å². The summed E-state index contributed by atoms with van der Waals surface area (Å²) < 4.78 is 5.07. The van der Waals surface area contributed by atoms with E-state index < -0.39 is 0 Å². The van der Waals surface area contributed by atoms with Gasteiger partial charge in [0.05, 0.1) is 13.3 Å². The number of carbonyl (C=O) groups excluding carboxylic acids is 1. The van der Waals surface area contributed by atoms with Crippen molar-refractivity contribution < 1.29 is 14.6 Å². The van der Waals surface area contributed by atoms with Crippen LogP contribution in [0.25, 0.3) is 0 Å². The predicted octanol–water partition coefficient (Wildman–Crippen LogP) is 4.62. The lowest BCUT2D eigenvalue weighted by atomic mass is 9.90. The van der Waals surface area contributed by atoms with Crippen LogP contribution in [0.1, 0.15) is 39.9 Å². The Balaban J connectivity index is 1.23. The van der Waals surface area contributed by atoms with Gasteiger partial charge in [0.2, 0.25) is 0 Å². The SMILES string of the molecule is COc1cc(/C=N\NC(=O)c2ccc(CN3CCC(Cc4ccccc4)CC3)cc2)ccc1O. The molecule has 0 radical (unpaired) electrons. The number of rotatable bonds is 8. The van der Waals surface area contributed by atoms with Gasteiger partial charge in [0.15, 0.2) is 11.5 Å². The summed E-state index contributed by atoms with van der Waals surface area (Å²) in [6.07, 6.45) is 5.12. The number of aromatic hydroxyl groups is 1. The van der Waals surface area contributed by atoms with Crippen LogP contribution >= 0.6 is 0 Å². The van der Waals surface area contributed by atoms with Crippen LogP contribution < -0.4 is 10.2 Å². The average Bonchev–Trinajstić information content (AvgIpc) is 2.87. The molecule has 6 heteroatoms. The Morgan fingerprint density at radius 2 is 1.79 bits per heavy atom. The first-order chi connectivity index (χ1) is 16.6. The second-order valence-corrected chi connectivity index (χ2v) is 8.74. The highest BCUT2D eigenvalue weighted by Crippen LogP contribution is 2.25. The molecule has 2 N–H and O–H groups in total. The zero-order valence-corrected chi connectivity index (χ0v) is 19.5. The third-order valence-corrected chi connectivity index (χ3v) is 6.28. The van der Waals surface area contributed by atoms with Gasteiger partial charge in [-0.2, -0.15) is 5.10 Å². The molecular formula is C28H31N3O3. The lowest BCUT2D eigenvalue weighted by molar-refractivity contribution is 0.0955. The van der Waals surface area contributed by atoms with Crippen LogP contribution in [0.3, 0.4) is 0 Å². The van der Waals surface area contributed by atoms with Crippen molar-refractivity contribution >= 4 is 12.1 Å². The smallest absolute Gasteiger partial charge is 0.271 e. The number of nitrogens with zero attached hydrogens (tertiary/aromatic N) is 2. The number of hydrogen-bond acceptors (Lipinski definition) is 5. The highest BCUT2D eigenvalue weighted by molar-refractivity contribution is 5.94. The van der Waals surface area contributed by atoms with E-state index in [0.717, 1.165) is 25.6 Å². The third kappa shape index (κ3) is 6.45. The summed E-state index contributed by atoms with van der Waals surface area (Å²) in [5.41, 5.74) is 6.45. The Morgan fingerprint density at radius 3 is 2.50 bits per heavy atom. The number of piperidine rings is 1. The zero-order valence-electron chi connectivity index (χ0n) is 19.5. The Bertz CT molecular complexity index is 1110. The molecule has 0 unspecified atom stereocenters. The van der Waals surface area contributed by atoms with Crippen molar-refractivity contribution in [2.75, 3.05) is 20.2 Å². The summed E-state index contributed by atoms with van der Waals surface area (Å²) in [6.45, 7) is 3.12. The molecule has 6 nitrogen and oxygen atoms in total. The van der Waals surface area contributed by atoms with Gasteiger partial charge in [0, 0.05) is 12.1 Å². The first-order valence-corrected chi connectivity index (χ1v) is 11.7. The molecule has 3 aromatic rings. The van der Waals surface area contributed by atoms with Gasteiger partial charge in [-0.3, -0.25) is 9.69 Å². The average molecular weight is 458 g/mol. The molecule has 0 atom stereocenters. The van der Waals surface area contributed by atoms with E-state index in [1.807, 2.05) is 24.3 Å². The fraction of sp³-hybridized carbons (Fsp3) is 0.286. The summed E-state index contributed by atoms with van der Waals surface area (Å²) >= 11 is 0. The number of amides is 1. The number of hydrogen-bond donors (Lipinski definition) is 2. The molecule has 34 heavy (non-hydrogen) atoms. The predicted molar refractivity (Wildman–Crippen MR) is 134 cm³/mol. The number of methoxy groups -OCH3 is 1. The van der Waals surface area contributed by atoms with E-state index in [1.54, 1.807) is 12.1 Å². The Morgan fingerprint density at radius 1 is 1.06 bits per heavy atom. The summed E-state index contributed by atoms with van der Waals surface area (Å²) in [5, 5.41) is 13.7. The lowest BCUT2D eigenvalue weighted by Gasteiger charge is -2.32. The quantitative estimate of drug-likeness (QED) is 0.382. The van der Waals surface area contributed by atoms with Gasteiger partial charge in [0.25, 0.3) is 5.91 Å². The van der Waals surface area contributed by atoms with E-state index in [4.69, 9.17) is 4.74 Å². The van der Waals surface area contributed by atoms with Gasteiger partial charge in [-0.25, -0.2) is 5.43 Å². The maximum atomic E-state index is 12.4. The van der Waals surface area contributed by atoms with Crippen molar-refractivity contribution in [3.8, 4) is 11.5 Å². The van der Waals surface area contributed by atoms with Crippen LogP contribution in [-0.4, -0.2) is 42.3 Å². The Labute approximate surface area is 200 Å². The van der Waals surface area contributed by atoms with Crippen LogP contribution in [0, 0.1) is 5.92 Å². The van der Waals surface area contributed by atoms with Crippen LogP contribution in [0.15, 0.2) is 77.9 Å². The highest BCUT2D eigenvalue weighted by atomic mass is 16.5. The molecule has 1 aliphatic heterocycles. The molecule has 1 heterocycles. The summed E-state index contributed by atoms with van der Waals surface area (Å²) in [6, 6.07) is 23.3. The number of phenolic OH excluding ortho intramolecular Hbond substituents is 1. The molecule has 0 bridgehead atoms. The molecular weight excluding hydrogens is 426 g/mol. The third-order valence-electron chi connectivity index (χ3n) is 6.28. The largest absolute Gasteiger partial charge is 0.504 e. The van der Waals surface area contributed by atoms with Gasteiger partial charge in [0.1, 0.15) is 0 Å². The van der Waals surface area contributed by atoms with Gasteiger partial charge >= 0.3 is 0 Å². The summed E-state index contributed by atoms with van der Waals surface area (Å²) in [7, 11) is 1.48. The van der Waals surface area contributed by atoms with Crippen LogP contribution in [0.5, 0.6) is 11.5 Å². The highest BCUT2D eigenvalue weighted by Gasteiger charge is 2.19. The second kappa shape index (κ2) is 11.5. The number of benzene rings is 3. The minimum Gasteiger partial charge on any atom is -0.504 e. The summed E-state index contributed by atoms with van der Waals surface area (Å²) in [4.78, 5) is 14.9. The molecule has 4 rings (SSSR count). The Kier molecular flexibility index (Phi) is 7.94. The second-order valence-electron chi connectivity index (χ2n) is 8.74. The monoisotopic (exact) mass is 457 g/mol. The standard InChI is InChI=1S/C28H31N3O3/c1-34-27-18-24(9-12-26(27)32)19-29-30-28(33)25-10-7-23(8-11-25)20-31-15-13-22(14-16-31)17-21-5-3-2-4-6-21/h2-12,18-19,22,32H,13-17,20H2,1H3,(H,30,33)/b29-19-. The van der Waals surface area contributed by atoms with Gasteiger partial charge in [-0.15, -0.1) is 0 Å². The molecule has 0 spiro atoms. The molecule has 1 saturated heterocycles. The van der Waals surface area contributed by atoms with Crippen molar-refractivity contribution in [2.45, 2.75) is 25.8 Å². The van der Waals surface area contributed by atoms with Crippen molar-refractivity contribution in [3.63, 3.8) is 0 Å². The maximum absolute atomic E-state index is 12.4. The Hall–Kier alpha value is -3.64. The van der Waals surface area contributed by atoms with Gasteiger partial charge < -0.3 is 9.84 Å². The molecule has 1 aliphatic rings. The molecule has 0 saturated carbocycles. The molecule has 1 amide bonds. The number of ether oxygens (including phenoxy) is 1. The molecule has 1 fully saturated rings. The molecule has 3 aromatic carbocycles. The van der Waals surface area contributed by atoms with Crippen LogP contribution in [0.2, 0.25) is 0 Å². The molecule has 0 aliphatic carbocycles. The first-order valence-electron chi connectivity index (χ1n) is 11.7. The van der Waals surface area contributed by atoms with E-state index in [2.05, 4.69) is 45.8 Å². The minimum atomic E-state index is -0.268. The fourth-order valence-electron chi connectivity index (χ4n) is 4.32. The van der Waals surface area contributed by atoms with E-state index in [9.17, 15) is 9.90 Å². The van der Waals surface area contributed by atoms with Crippen molar-refractivity contribution in [1.82, 2.24) is 10.3 Å².